The van der Waals surface area contributed by atoms with E-state index in [0.29, 0.717) is 5.88 Å². The van der Waals surface area contributed by atoms with Gasteiger partial charge in [0, 0.05) is 10.8 Å². The lowest BCUT2D eigenvalue weighted by atomic mass is 9.78. The van der Waals surface area contributed by atoms with Crippen molar-refractivity contribution in [1.82, 2.24) is 5.32 Å². The molecule has 1 heterocycles. The van der Waals surface area contributed by atoms with Gasteiger partial charge in [-0.05, 0) is 49.7 Å². The lowest BCUT2D eigenvalue weighted by molar-refractivity contribution is -0.122. The highest BCUT2D eigenvalue weighted by atomic mass is 35.5. The van der Waals surface area contributed by atoms with Crippen molar-refractivity contribution in [3.05, 3.63) is 29.8 Å². The number of hydrogen-bond donors (Lipinski definition) is 1. The molecule has 1 N–H and O–H groups in total. The van der Waals surface area contributed by atoms with Crippen LogP contribution in [0.5, 0.6) is 0 Å². The fourth-order valence-corrected chi connectivity index (χ4v) is 4.81. The quantitative estimate of drug-likeness (QED) is 0.852. The van der Waals surface area contributed by atoms with E-state index in [1.165, 1.54) is 10.5 Å². The minimum Gasteiger partial charge on any atom is -0.348 e. The maximum absolute atomic E-state index is 12.6. The van der Waals surface area contributed by atoms with Crippen molar-refractivity contribution >= 4 is 29.3 Å². The van der Waals surface area contributed by atoms with E-state index in [0.717, 1.165) is 38.0 Å². The van der Waals surface area contributed by atoms with Crippen LogP contribution in [0.1, 0.15) is 38.2 Å². The number of alkyl halides is 1. The first-order valence-corrected chi connectivity index (χ1v) is 9.16. The summed E-state index contributed by atoms with van der Waals surface area (Å²) in [6.45, 7) is 2.28. The molecule has 1 aliphatic heterocycles. The van der Waals surface area contributed by atoms with Gasteiger partial charge in [-0.15, -0.1) is 23.4 Å². The summed E-state index contributed by atoms with van der Waals surface area (Å²) in [6, 6.07) is 8.31. The van der Waals surface area contributed by atoms with Crippen LogP contribution >= 0.6 is 23.4 Å². The molecule has 0 saturated heterocycles. The van der Waals surface area contributed by atoms with Gasteiger partial charge in [-0.2, -0.15) is 0 Å². The van der Waals surface area contributed by atoms with Crippen molar-refractivity contribution in [2.45, 2.75) is 54.7 Å². The summed E-state index contributed by atoms with van der Waals surface area (Å²) in [6.07, 6.45) is 5.17. The lowest BCUT2D eigenvalue weighted by Gasteiger charge is -2.39. The molecule has 0 spiro atoms. The van der Waals surface area contributed by atoms with Crippen LogP contribution in [0.3, 0.4) is 0 Å². The van der Waals surface area contributed by atoms with Crippen molar-refractivity contribution < 1.29 is 4.79 Å². The molecular weight excluding hydrogens is 302 g/mol. The summed E-state index contributed by atoms with van der Waals surface area (Å²) < 4.78 is 0. The van der Waals surface area contributed by atoms with Crippen LogP contribution in [0.2, 0.25) is 0 Å². The molecule has 114 valence electrons. The fourth-order valence-electron chi connectivity index (χ4n) is 3.28. The minimum absolute atomic E-state index is 0.00171. The average Bonchev–Trinajstić information content (AvgIpc) is 2.94. The van der Waals surface area contributed by atoms with Crippen LogP contribution in [0.4, 0.5) is 0 Å². The van der Waals surface area contributed by atoms with Gasteiger partial charge in [0.25, 0.3) is 0 Å². The van der Waals surface area contributed by atoms with Gasteiger partial charge in [0.05, 0.1) is 10.8 Å². The molecule has 1 aliphatic carbocycles. The van der Waals surface area contributed by atoms with Gasteiger partial charge < -0.3 is 5.32 Å². The number of carbonyl (C=O) groups is 1. The summed E-state index contributed by atoms with van der Waals surface area (Å²) >= 11 is 7.89. The molecule has 1 aromatic rings. The fraction of sp³-hybridized carbons (Fsp3) is 0.588. The van der Waals surface area contributed by atoms with Gasteiger partial charge in [-0.3, -0.25) is 4.79 Å². The standard InChI is InChI=1S/C17H22ClNOS/c1-12-6-8-17(11-18,9-7-12)19-16(20)15-10-13-4-2-3-5-14(13)21-15/h2-5,12,15H,6-11H2,1H3,(H,19,20). The number of amides is 1. The van der Waals surface area contributed by atoms with Gasteiger partial charge in [0.1, 0.15) is 0 Å². The zero-order valence-corrected chi connectivity index (χ0v) is 14.0. The minimum atomic E-state index is -0.180. The molecule has 1 unspecified atom stereocenters. The Hall–Kier alpha value is -0.670. The van der Waals surface area contributed by atoms with E-state index in [2.05, 4.69) is 24.4 Å². The molecule has 4 heteroatoms. The molecule has 1 amide bonds. The number of thioether (sulfide) groups is 1. The van der Waals surface area contributed by atoms with E-state index in [4.69, 9.17) is 11.6 Å². The Morgan fingerprint density at radius 1 is 1.38 bits per heavy atom. The number of nitrogens with one attached hydrogen (secondary N) is 1. The predicted octanol–water partition coefficient (Wildman–Crippen LogP) is 4.01. The molecule has 3 rings (SSSR count). The maximum Gasteiger partial charge on any atom is 0.234 e. The topological polar surface area (TPSA) is 29.1 Å². The van der Waals surface area contributed by atoms with E-state index in [1.54, 1.807) is 11.8 Å². The Morgan fingerprint density at radius 3 is 2.76 bits per heavy atom. The first-order chi connectivity index (χ1) is 10.1. The zero-order chi connectivity index (χ0) is 14.9. The summed E-state index contributed by atoms with van der Waals surface area (Å²) in [5.41, 5.74) is 1.11. The third kappa shape index (κ3) is 3.24. The van der Waals surface area contributed by atoms with E-state index in [9.17, 15) is 4.79 Å². The van der Waals surface area contributed by atoms with Crippen LogP contribution in [-0.2, 0) is 11.2 Å². The normalized spacial score (nSPS) is 31.7. The molecular formula is C17H22ClNOS. The van der Waals surface area contributed by atoms with Crippen molar-refractivity contribution in [1.29, 1.82) is 0 Å². The Morgan fingerprint density at radius 2 is 2.10 bits per heavy atom. The van der Waals surface area contributed by atoms with Crippen LogP contribution in [0.25, 0.3) is 0 Å². The van der Waals surface area contributed by atoms with E-state index in [-0.39, 0.29) is 16.7 Å². The van der Waals surface area contributed by atoms with Crippen molar-refractivity contribution in [2.75, 3.05) is 5.88 Å². The molecule has 0 aromatic heterocycles. The van der Waals surface area contributed by atoms with Crippen LogP contribution in [0.15, 0.2) is 29.2 Å². The molecule has 1 saturated carbocycles. The van der Waals surface area contributed by atoms with Crippen molar-refractivity contribution in [2.24, 2.45) is 5.92 Å². The first-order valence-electron chi connectivity index (χ1n) is 7.74. The second kappa shape index (κ2) is 6.21. The summed E-state index contributed by atoms with van der Waals surface area (Å²) in [5.74, 6) is 1.44. The van der Waals surface area contributed by atoms with Gasteiger partial charge in [0.2, 0.25) is 5.91 Å². The monoisotopic (exact) mass is 323 g/mol. The number of hydrogen-bond acceptors (Lipinski definition) is 2. The molecule has 1 atom stereocenters. The highest BCUT2D eigenvalue weighted by molar-refractivity contribution is 8.01. The Labute approximate surface area is 136 Å². The SMILES string of the molecule is CC1CCC(CCl)(NC(=O)C2Cc3ccccc3S2)CC1. The second-order valence-electron chi connectivity index (χ2n) is 6.50. The van der Waals surface area contributed by atoms with Crippen LogP contribution in [0, 0.1) is 5.92 Å². The molecule has 2 aliphatic rings. The van der Waals surface area contributed by atoms with E-state index < -0.39 is 0 Å². The second-order valence-corrected chi connectivity index (χ2v) is 8.02. The molecule has 2 nitrogen and oxygen atoms in total. The molecule has 0 bridgehead atoms. The maximum atomic E-state index is 12.6. The zero-order valence-electron chi connectivity index (χ0n) is 12.4. The first kappa shape index (κ1) is 15.2. The van der Waals surface area contributed by atoms with Gasteiger partial charge >= 0.3 is 0 Å². The number of fused-ring (bicyclic) bond motifs is 1. The van der Waals surface area contributed by atoms with Crippen molar-refractivity contribution in [3.8, 4) is 0 Å². The largest absolute Gasteiger partial charge is 0.348 e. The Balaban J connectivity index is 1.64. The molecule has 1 fully saturated rings. The lowest BCUT2D eigenvalue weighted by Crippen LogP contribution is -2.54. The summed E-state index contributed by atoms with van der Waals surface area (Å²) in [7, 11) is 0. The van der Waals surface area contributed by atoms with E-state index >= 15 is 0 Å². The van der Waals surface area contributed by atoms with Crippen molar-refractivity contribution in [3.63, 3.8) is 0 Å². The number of rotatable bonds is 3. The van der Waals surface area contributed by atoms with Gasteiger partial charge in [-0.25, -0.2) is 0 Å². The predicted molar refractivity (Wildman–Crippen MR) is 89.0 cm³/mol. The Bertz CT molecular complexity index is 500. The summed E-state index contributed by atoms with van der Waals surface area (Å²) in [5, 5.41) is 3.29. The van der Waals surface area contributed by atoms with E-state index in [1.807, 2.05) is 12.1 Å². The smallest absolute Gasteiger partial charge is 0.234 e. The molecule has 0 radical (unpaired) electrons. The average molecular weight is 324 g/mol. The highest BCUT2D eigenvalue weighted by Gasteiger charge is 2.38. The number of benzene rings is 1. The molecule has 1 aromatic carbocycles. The van der Waals surface area contributed by atoms with Gasteiger partial charge in [-0.1, -0.05) is 25.1 Å². The summed E-state index contributed by atoms with van der Waals surface area (Å²) in [4.78, 5) is 13.9. The third-order valence-corrected chi connectivity index (χ3v) is 6.64. The van der Waals surface area contributed by atoms with Crippen LogP contribution in [-0.4, -0.2) is 22.6 Å². The third-order valence-electron chi connectivity index (χ3n) is 4.82. The molecule has 21 heavy (non-hydrogen) atoms. The number of carbonyl (C=O) groups excluding carboxylic acids is 1. The number of halogens is 1. The Kier molecular flexibility index (Phi) is 4.51. The highest BCUT2D eigenvalue weighted by Crippen LogP contribution is 2.38. The van der Waals surface area contributed by atoms with Gasteiger partial charge in [0.15, 0.2) is 0 Å². The van der Waals surface area contributed by atoms with Crippen LogP contribution < -0.4 is 5.32 Å².